The maximum absolute atomic E-state index is 6.31. The molecule has 5 aromatic heterocycles. The third-order valence-electron chi connectivity index (χ3n) is 11.7. The van der Waals surface area contributed by atoms with Gasteiger partial charge in [0.05, 0.1) is 33.3 Å². The van der Waals surface area contributed by atoms with Gasteiger partial charge in [-0.15, -0.1) is 0 Å². The predicted octanol–water partition coefficient (Wildman–Crippen LogP) is 13.0. The van der Waals surface area contributed by atoms with E-state index < -0.39 is 0 Å². The SMILES string of the molecule is c1ccc(-c2nc(-c3ccccc3-n3c4cccc5c6cccc7c8ccccc8n(c8cccc3c8c54)c67)nc(-c3cccc4oc5ccccc5c34)n2)cc1. The summed E-state index contributed by atoms with van der Waals surface area (Å²) in [6.07, 6.45) is 0. The van der Waals surface area contributed by atoms with Crippen LogP contribution in [0.1, 0.15) is 0 Å². The number of rotatable bonds is 4. The monoisotopic (exact) mass is 727 g/mol. The summed E-state index contributed by atoms with van der Waals surface area (Å²) in [5.74, 6) is 1.79. The van der Waals surface area contributed by atoms with Crippen molar-refractivity contribution in [2.24, 2.45) is 0 Å². The van der Waals surface area contributed by atoms with Gasteiger partial charge in [0, 0.05) is 54.4 Å². The van der Waals surface area contributed by atoms with Crippen molar-refractivity contribution < 1.29 is 4.42 Å². The van der Waals surface area contributed by atoms with Gasteiger partial charge in [0.1, 0.15) is 11.2 Å². The van der Waals surface area contributed by atoms with Gasteiger partial charge in [0.2, 0.25) is 0 Å². The minimum Gasteiger partial charge on any atom is -0.456 e. The van der Waals surface area contributed by atoms with E-state index in [2.05, 4.69) is 136 Å². The molecule has 0 atom stereocenters. The highest BCUT2D eigenvalue weighted by Gasteiger charge is 2.24. The van der Waals surface area contributed by atoms with E-state index in [4.69, 9.17) is 19.4 Å². The van der Waals surface area contributed by atoms with Crippen LogP contribution in [0.2, 0.25) is 0 Å². The number of furan rings is 1. The fraction of sp³-hybridized carbons (Fsp3) is 0. The predicted molar refractivity (Wildman–Crippen MR) is 232 cm³/mol. The van der Waals surface area contributed by atoms with Crippen LogP contribution >= 0.6 is 0 Å². The fourth-order valence-corrected chi connectivity index (χ4v) is 9.40. The molecule has 6 heteroatoms. The van der Waals surface area contributed by atoms with Crippen molar-refractivity contribution in [3.8, 4) is 39.9 Å². The van der Waals surface area contributed by atoms with Crippen LogP contribution in [0.15, 0.2) is 180 Å². The molecule has 0 N–H and O–H groups in total. The van der Waals surface area contributed by atoms with Gasteiger partial charge >= 0.3 is 0 Å². The number of hydrogen-bond donors (Lipinski definition) is 0. The number of benzene rings is 8. The van der Waals surface area contributed by atoms with Gasteiger partial charge in [-0.25, -0.2) is 15.0 Å². The maximum Gasteiger partial charge on any atom is 0.166 e. The van der Waals surface area contributed by atoms with E-state index in [0.717, 1.165) is 55.3 Å². The molecule has 6 nitrogen and oxygen atoms in total. The lowest BCUT2D eigenvalue weighted by Crippen LogP contribution is -2.03. The molecule has 0 aliphatic rings. The van der Waals surface area contributed by atoms with Crippen LogP contribution in [0, 0.1) is 0 Å². The summed E-state index contributed by atoms with van der Waals surface area (Å²) in [4.78, 5) is 15.7. The van der Waals surface area contributed by atoms with Gasteiger partial charge in [0.25, 0.3) is 0 Å². The Morgan fingerprint density at radius 3 is 1.81 bits per heavy atom. The minimum atomic E-state index is 0.590. The van der Waals surface area contributed by atoms with Crippen LogP contribution in [0.3, 0.4) is 0 Å². The van der Waals surface area contributed by atoms with E-state index >= 15 is 0 Å². The molecule has 0 saturated heterocycles. The van der Waals surface area contributed by atoms with E-state index in [9.17, 15) is 0 Å². The van der Waals surface area contributed by atoms with Gasteiger partial charge < -0.3 is 13.4 Å². The molecule has 0 amide bonds. The molecule has 264 valence electrons. The van der Waals surface area contributed by atoms with Gasteiger partial charge in [-0.1, -0.05) is 127 Å². The zero-order valence-corrected chi connectivity index (χ0v) is 30.4. The standard InChI is InChI=1S/C51H29N5O/c1-2-14-30(15-3-1)49-52-50(54-51(53-49)37-22-12-29-44-45(37)36-18-6-9-28-43(36)57-44)35-17-5-8-24-39(35)55-40-25-11-19-32-34-21-10-20-33-31-16-4-7-23-38(31)56(48(33)34)42-27-13-26-41(55)47(42)46(32)40/h1-29H. The number of fused-ring (bicyclic) bond motifs is 8. The molecule has 0 fully saturated rings. The van der Waals surface area contributed by atoms with Crippen molar-refractivity contribution in [1.82, 2.24) is 23.9 Å². The maximum atomic E-state index is 6.31. The third kappa shape index (κ3) is 4.16. The average Bonchev–Trinajstić information content (AvgIpc) is 3.91. The van der Waals surface area contributed by atoms with Gasteiger partial charge in [-0.3, -0.25) is 0 Å². The van der Waals surface area contributed by atoms with Crippen molar-refractivity contribution >= 4 is 81.8 Å². The Labute approximate surface area is 324 Å². The number of hydrogen-bond acceptors (Lipinski definition) is 4. The summed E-state index contributed by atoms with van der Waals surface area (Å²) in [7, 11) is 0. The van der Waals surface area contributed by atoms with E-state index in [1.807, 2.05) is 48.5 Å². The Hall–Kier alpha value is -7.83. The summed E-state index contributed by atoms with van der Waals surface area (Å²) in [6.45, 7) is 0. The Kier molecular flexibility index (Phi) is 6.07. The summed E-state index contributed by atoms with van der Waals surface area (Å²) in [5, 5.41) is 9.44. The van der Waals surface area contributed by atoms with Crippen LogP contribution in [-0.4, -0.2) is 23.9 Å². The summed E-state index contributed by atoms with van der Waals surface area (Å²) >= 11 is 0. The summed E-state index contributed by atoms with van der Waals surface area (Å²) in [5.41, 5.74) is 11.2. The summed E-state index contributed by atoms with van der Waals surface area (Å²) in [6, 6.07) is 61.8. The molecule has 0 saturated carbocycles. The zero-order chi connectivity index (χ0) is 37.2. The van der Waals surface area contributed by atoms with Crippen molar-refractivity contribution in [1.29, 1.82) is 0 Å². The first-order valence-corrected chi connectivity index (χ1v) is 19.2. The van der Waals surface area contributed by atoms with Crippen LogP contribution in [0.4, 0.5) is 0 Å². The van der Waals surface area contributed by atoms with E-state index in [0.29, 0.717) is 17.5 Å². The second kappa shape index (κ2) is 11.4. The molecule has 0 aliphatic carbocycles. The zero-order valence-electron chi connectivity index (χ0n) is 30.4. The molecule has 0 aliphatic heterocycles. The first-order valence-electron chi connectivity index (χ1n) is 19.2. The normalized spacial score (nSPS) is 12.2. The van der Waals surface area contributed by atoms with Crippen LogP contribution in [-0.2, 0) is 0 Å². The van der Waals surface area contributed by atoms with Crippen LogP contribution in [0.5, 0.6) is 0 Å². The Morgan fingerprint density at radius 2 is 0.912 bits per heavy atom. The van der Waals surface area contributed by atoms with Crippen LogP contribution < -0.4 is 0 Å². The molecule has 8 aromatic carbocycles. The highest BCUT2D eigenvalue weighted by atomic mass is 16.3. The first kappa shape index (κ1) is 30.5. The second-order valence-electron chi connectivity index (χ2n) is 14.7. The Balaban J connectivity index is 1.13. The molecule has 13 aromatic rings. The number of aromatic nitrogens is 5. The Morgan fingerprint density at radius 1 is 0.351 bits per heavy atom. The van der Waals surface area contributed by atoms with Gasteiger partial charge in [0.15, 0.2) is 17.5 Å². The molecule has 13 rings (SSSR count). The molecule has 0 bridgehead atoms. The molecule has 57 heavy (non-hydrogen) atoms. The molecule has 0 radical (unpaired) electrons. The topological polar surface area (TPSA) is 61.2 Å². The van der Waals surface area contributed by atoms with Gasteiger partial charge in [-0.2, -0.15) is 0 Å². The molecule has 0 spiro atoms. The lowest BCUT2D eigenvalue weighted by atomic mass is 10.0. The lowest BCUT2D eigenvalue weighted by Gasteiger charge is -2.15. The first-order chi connectivity index (χ1) is 28.3. The molecular weight excluding hydrogens is 699 g/mol. The molecular formula is C51H29N5O. The van der Waals surface area contributed by atoms with Crippen molar-refractivity contribution in [2.45, 2.75) is 0 Å². The third-order valence-corrected chi connectivity index (χ3v) is 11.7. The van der Waals surface area contributed by atoms with Gasteiger partial charge in [-0.05, 0) is 53.9 Å². The van der Waals surface area contributed by atoms with E-state index in [1.165, 1.54) is 48.9 Å². The fourth-order valence-electron chi connectivity index (χ4n) is 9.40. The Bertz CT molecular complexity index is 3760. The highest BCUT2D eigenvalue weighted by Crippen LogP contribution is 2.45. The quantitative estimate of drug-likeness (QED) is 0.181. The van der Waals surface area contributed by atoms with E-state index in [1.54, 1.807) is 0 Å². The highest BCUT2D eigenvalue weighted by molar-refractivity contribution is 6.31. The second-order valence-corrected chi connectivity index (χ2v) is 14.7. The molecule has 5 heterocycles. The number of nitrogens with zero attached hydrogens (tertiary/aromatic N) is 5. The number of para-hydroxylation sites is 4. The lowest BCUT2D eigenvalue weighted by molar-refractivity contribution is 0.669. The van der Waals surface area contributed by atoms with Crippen molar-refractivity contribution in [3.63, 3.8) is 0 Å². The van der Waals surface area contributed by atoms with Crippen molar-refractivity contribution in [3.05, 3.63) is 176 Å². The molecule has 0 unspecified atom stereocenters. The average molecular weight is 728 g/mol. The summed E-state index contributed by atoms with van der Waals surface area (Å²) < 4.78 is 11.2. The largest absolute Gasteiger partial charge is 0.456 e. The van der Waals surface area contributed by atoms with E-state index in [-0.39, 0.29) is 0 Å². The minimum absolute atomic E-state index is 0.590. The van der Waals surface area contributed by atoms with Crippen LogP contribution in [0.25, 0.3) is 122 Å². The smallest absolute Gasteiger partial charge is 0.166 e. The van der Waals surface area contributed by atoms with Crippen molar-refractivity contribution in [2.75, 3.05) is 0 Å².